The molecule has 3 heterocycles. The molecule has 39 heavy (non-hydrogen) atoms. The molecule has 3 N–H and O–H groups in total. The van der Waals surface area contributed by atoms with Crippen molar-refractivity contribution in [1.82, 2.24) is 24.0 Å². The van der Waals surface area contributed by atoms with E-state index < -0.39 is 11.3 Å². The lowest BCUT2D eigenvalue weighted by Crippen LogP contribution is -2.53. The molecule has 0 unspecified atom stereocenters. The fraction of sp³-hybridized carbons (Fsp3) is 0.250. The molecule has 0 spiro atoms. The lowest BCUT2D eigenvalue weighted by atomic mass is 9.91. The predicted molar refractivity (Wildman–Crippen MR) is 144 cm³/mol. The van der Waals surface area contributed by atoms with Crippen LogP contribution < -0.4 is 16.2 Å². The Bertz CT molecular complexity index is 1660. The molecular formula is C28H27N7O4. The van der Waals surface area contributed by atoms with Crippen molar-refractivity contribution in [2.24, 2.45) is 5.41 Å². The maximum absolute atomic E-state index is 13.7. The van der Waals surface area contributed by atoms with E-state index in [1.54, 1.807) is 38.1 Å². The molecule has 0 bridgehead atoms. The first-order valence-corrected chi connectivity index (χ1v) is 12.3. The molecule has 1 saturated heterocycles. The van der Waals surface area contributed by atoms with Gasteiger partial charge in [0.15, 0.2) is 11.5 Å². The molecular weight excluding hydrogens is 498 g/mol. The summed E-state index contributed by atoms with van der Waals surface area (Å²) >= 11 is 0. The van der Waals surface area contributed by atoms with Gasteiger partial charge in [-0.2, -0.15) is 5.26 Å². The Morgan fingerprint density at radius 3 is 2.46 bits per heavy atom. The zero-order valence-electron chi connectivity index (χ0n) is 21.5. The number of ether oxygens (including phenoxy) is 1. The predicted octanol–water partition coefficient (Wildman–Crippen LogP) is 2.81. The summed E-state index contributed by atoms with van der Waals surface area (Å²) in [6.45, 7) is 3.68. The summed E-state index contributed by atoms with van der Waals surface area (Å²) in [4.78, 5) is 36.6. The Kier molecular flexibility index (Phi) is 6.64. The number of aliphatic hydroxyl groups is 1. The molecule has 5 rings (SSSR count). The third kappa shape index (κ3) is 4.85. The van der Waals surface area contributed by atoms with Crippen LogP contribution in [0.4, 0.5) is 5.82 Å². The maximum Gasteiger partial charge on any atom is 0.335 e. The number of amides is 1. The Labute approximate surface area is 224 Å². The molecule has 0 radical (unpaired) electrons. The Morgan fingerprint density at radius 1 is 1.15 bits per heavy atom. The molecule has 1 aliphatic heterocycles. The normalized spacial score (nSPS) is 14.2. The molecule has 1 fully saturated rings. The number of nitriles is 1. The highest BCUT2D eigenvalue weighted by Crippen LogP contribution is 2.30. The minimum atomic E-state index is -0.717. The molecule has 0 atom stereocenters. The van der Waals surface area contributed by atoms with Crippen molar-refractivity contribution < 1.29 is 14.6 Å². The van der Waals surface area contributed by atoms with E-state index >= 15 is 0 Å². The number of hydrogen-bond donors (Lipinski definition) is 2. The highest BCUT2D eigenvalue weighted by Gasteiger charge is 2.37. The van der Waals surface area contributed by atoms with Gasteiger partial charge in [-0.1, -0.05) is 38.1 Å². The number of carbonyl (C=O) groups is 1. The number of fused-ring (bicyclic) bond motifs is 1. The number of benzene rings is 2. The number of carbonyl (C=O) groups excluding carboxylic acids is 1. The molecule has 11 nitrogen and oxygen atoms in total. The third-order valence-electron chi connectivity index (χ3n) is 6.56. The van der Waals surface area contributed by atoms with Crippen LogP contribution in [0.1, 0.15) is 19.9 Å². The van der Waals surface area contributed by atoms with Crippen LogP contribution in [-0.2, 0) is 4.79 Å². The molecule has 1 amide bonds. The number of likely N-dealkylation sites (tertiary alicyclic amines) is 1. The Balaban J connectivity index is 1.44. The summed E-state index contributed by atoms with van der Waals surface area (Å²) in [5, 5.41) is 19.0. The van der Waals surface area contributed by atoms with Crippen LogP contribution in [-0.4, -0.2) is 54.7 Å². The van der Waals surface area contributed by atoms with Crippen molar-refractivity contribution in [1.29, 1.82) is 5.26 Å². The van der Waals surface area contributed by atoms with Crippen LogP contribution in [0.2, 0.25) is 0 Å². The average molecular weight is 526 g/mol. The first-order chi connectivity index (χ1) is 18.7. The van der Waals surface area contributed by atoms with Crippen molar-refractivity contribution >= 4 is 22.9 Å². The van der Waals surface area contributed by atoms with Gasteiger partial charge in [0.1, 0.15) is 35.0 Å². The van der Waals surface area contributed by atoms with Gasteiger partial charge in [0.2, 0.25) is 0 Å². The lowest BCUT2D eigenvalue weighted by Gasteiger charge is -2.39. The third-order valence-corrected chi connectivity index (χ3v) is 6.56. The number of para-hydroxylation sites is 1. The minimum absolute atomic E-state index is 0.0494. The quantitative estimate of drug-likeness (QED) is 0.276. The topological polar surface area (TPSA) is 152 Å². The highest BCUT2D eigenvalue weighted by atomic mass is 16.5. The van der Waals surface area contributed by atoms with E-state index in [2.05, 4.69) is 9.97 Å². The molecule has 2 aromatic heterocycles. The van der Waals surface area contributed by atoms with E-state index in [0.29, 0.717) is 28.4 Å². The van der Waals surface area contributed by atoms with E-state index in [-0.39, 0.29) is 42.8 Å². The van der Waals surface area contributed by atoms with Crippen LogP contribution >= 0.6 is 0 Å². The van der Waals surface area contributed by atoms with E-state index in [1.165, 1.54) is 26.4 Å². The van der Waals surface area contributed by atoms with E-state index in [9.17, 15) is 20.0 Å². The number of aromatic nitrogens is 4. The van der Waals surface area contributed by atoms with E-state index in [1.807, 2.05) is 36.4 Å². The molecule has 0 saturated carbocycles. The number of anilines is 1. The summed E-state index contributed by atoms with van der Waals surface area (Å²) in [5.74, 6) is 0.990. The van der Waals surface area contributed by atoms with Crippen LogP contribution in [0.15, 0.2) is 77.4 Å². The SMILES string of the molecule is CC(C)(C=C(C#N)C(=O)N1CC(n2c(=O)n(-c3ccc(Oc4ccccc4)cc3)c3c(N)ncnc32)C1)CO. The first kappa shape index (κ1) is 25.7. The number of hydrogen-bond acceptors (Lipinski definition) is 8. The minimum Gasteiger partial charge on any atom is -0.457 e. The molecule has 0 aliphatic carbocycles. The van der Waals surface area contributed by atoms with Crippen molar-refractivity contribution in [3.8, 4) is 23.3 Å². The average Bonchev–Trinajstić information content (AvgIpc) is 3.20. The van der Waals surface area contributed by atoms with Crippen LogP contribution in [0, 0.1) is 16.7 Å². The van der Waals surface area contributed by atoms with Crippen molar-refractivity contribution in [3.63, 3.8) is 0 Å². The molecule has 4 aromatic rings. The van der Waals surface area contributed by atoms with E-state index in [0.717, 1.165) is 0 Å². The number of nitrogens with zero attached hydrogens (tertiary/aromatic N) is 6. The van der Waals surface area contributed by atoms with Gasteiger partial charge < -0.3 is 20.5 Å². The molecule has 1 aliphatic rings. The number of rotatable bonds is 7. The molecule has 198 valence electrons. The second-order valence-corrected chi connectivity index (χ2v) is 10.0. The van der Waals surface area contributed by atoms with Gasteiger partial charge in [-0.25, -0.2) is 14.8 Å². The Hall–Kier alpha value is -4.95. The van der Waals surface area contributed by atoms with Gasteiger partial charge in [0, 0.05) is 18.5 Å². The number of aliphatic hydroxyl groups excluding tert-OH is 1. The van der Waals surface area contributed by atoms with Gasteiger partial charge in [0.25, 0.3) is 5.91 Å². The number of nitrogen functional groups attached to an aromatic ring is 1. The zero-order chi connectivity index (χ0) is 27.7. The van der Waals surface area contributed by atoms with Gasteiger partial charge in [-0.15, -0.1) is 0 Å². The Morgan fingerprint density at radius 2 is 1.82 bits per heavy atom. The second-order valence-electron chi connectivity index (χ2n) is 10.0. The fourth-order valence-corrected chi connectivity index (χ4v) is 4.46. The zero-order valence-corrected chi connectivity index (χ0v) is 21.5. The monoisotopic (exact) mass is 525 g/mol. The smallest absolute Gasteiger partial charge is 0.335 e. The van der Waals surface area contributed by atoms with Gasteiger partial charge >= 0.3 is 5.69 Å². The number of nitrogens with two attached hydrogens (primary N) is 1. The van der Waals surface area contributed by atoms with Gasteiger partial charge in [-0.3, -0.25) is 13.9 Å². The molecule has 11 heteroatoms. The summed E-state index contributed by atoms with van der Waals surface area (Å²) in [7, 11) is 0. The fourth-order valence-electron chi connectivity index (χ4n) is 4.46. The van der Waals surface area contributed by atoms with Crippen LogP contribution in [0.3, 0.4) is 0 Å². The second kappa shape index (κ2) is 10.1. The van der Waals surface area contributed by atoms with Crippen LogP contribution in [0.5, 0.6) is 11.5 Å². The van der Waals surface area contributed by atoms with Gasteiger partial charge in [0.05, 0.1) is 18.3 Å². The summed E-state index contributed by atoms with van der Waals surface area (Å²) < 4.78 is 8.82. The number of imidazole rings is 1. The van der Waals surface area contributed by atoms with Crippen molar-refractivity contribution in [2.45, 2.75) is 19.9 Å². The summed E-state index contributed by atoms with van der Waals surface area (Å²) in [5.41, 5.74) is 6.33. The largest absolute Gasteiger partial charge is 0.457 e. The lowest BCUT2D eigenvalue weighted by molar-refractivity contribution is -0.132. The summed E-state index contributed by atoms with van der Waals surface area (Å²) in [6, 6.07) is 17.9. The van der Waals surface area contributed by atoms with Gasteiger partial charge in [-0.05, 0) is 36.4 Å². The maximum atomic E-state index is 13.7. The first-order valence-electron chi connectivity index (χ1n) is 12.3. The highest BCUT2D eigenvalue weighted by molar-refractivity contribution is 5.98. The standard InChI is InChI=1S/C28H27N7O4/c1-28(2,16-36)12-18(13-29)26(37)33-14-20(15-33)35-25-23(24(30)31-17-32-25)34(27(35)38)19-8-10-22(11-9-19)39-21-6-4-3-5-7-21/h3-12,17,20,36H,14-16H2,1-2H3,(H2,30,31,32). The molecule has 2 aromatic carbocycles. The van der Waals surface area contributed by atoms with E-state index in [4.69, 9.17) is 10.5 Å². The van der Waals surface area contributed by atoms with Crippen LogP contribution in [0.25, 0.3) is 16.9 Å². The summed E-state index contributed by atoms with van der Waals surface area (Å²) in [6.07, 6.45) is 2.77. The van der Waals surface area contributed by atoms with Crippen molar-refractivity contribution in [3.05, 3.63) is 83.1 Å². The van der Waals surface area contributed by atoms with Crippen molar-refractivity contribution in [2.75, 3.05) is 25.4 Å².